The van der Waals surface area contributed by atoms with Crippen molar-refractivity contribution >= 4 is 22.6 Å². The second-order valence-electron chi connectivity index (χ2n) is 6.35. The number of nitrogens with two attached hydrogens (primary N) is 2. The third-order valence-electron chi connectivity index (χ3n) is 4.22. The van der Waals surface area contributed by atoms with Gasteiger partial charge in [0.2, 0.25) is 0 Å². The number of hydrogen-bond acceptors (Lipinski definition) is 2. The molecular formula is C20H20N4O2. The molecule has 0 aliphatic carbocycles. The van der Waals surface area contributed by atoms with Crippen LogP contribution in [-0.4, -0.2) is 16.4 Å². The Balaban J connectivity index is 2.26. The van der Waals surface area contributed by atoms with Crippen LogP contribution in [0.25, 0.3) is 16.5 Å². The van der Waals surface area contributed by atoms with Gasteiger partial charge in [0.25, 0.3) is 11.5 Å². The van der Waals surface area contributed by atoms with Gasteiger partial charge in [-0.2, -0.15) is 4.99 Å². The number of aromatic nitrogens is 1. The first-order chi connectivity index (χ1) is 12.4. The van der Waals surface area contributed by atoms with E-state index in [1.54, 1.807) is 24.3 Å². The Kier molecular flexibility index (Phi) is 4.58. The molecule has 0 unspecified atom stereocenters. The maximum Gasteiger partial charge on any atom is 0.282 e. The molecule has 0 bridgehead atoms. The first-order valence-corrected chi connectivity index (χ1v) is 8.27. The van der Waals surface area contributed by atoms with Gasteiger partial charge in [0, 0.05) is 22.7 Å². The molecule has 0 atom stereocenters. The van der Waals surface area contributed by atoms with Gasteiger partial charge in [-0.15, -0.1) is 0 Å². The molecule has 0 aliphatic rings. The number of carbonyl (C=O) groups excluding carboxylic acids is 1. The lowest BCUT2D eigenvalue weighted by Gasteiger charge is -2.12. The van der Waals surface area contributed by atoms with Crippen LogP contribution in [0.15, 0.2) is 64.5 Å². The average molecular weight is 348 g/mol. The quantitative estimate of drug-likeness (QED) is 0.560. The standard InChI is InChI=1S/C20H20N4O2/c1-12(2)13-7-9-14(10-8-13)24-11-17(18(25)23-20(21)22)15-5-3-4-6-16(15)19(24)26/h3-12H,1-2H3,(H4,21,22,23,25). The lowest BCUT2D eigenvalue weighted by Crippen LogP contribution is -2.25. The van der Waals surface area contributed by atoms with Crippen molar-refractivity contribution in [1.29, 1.82) is 0 Å². The molecule has 6 nitrogen and oxygen atoms in total. The van der Waals surface area contributed by atoms with Gasteiger partial charge in [0.15, 0.2) is 5.96 Å². The lowest BCUT2D eigenvalue weighted by atomic mass is 10.0. The Morgan fingerprint density at radius 2 is 1.62 bits per heavy atom. The monoisotopic (exact) mass is 348 g/mol. The van der Waals surface area contributed by atoms with Gasteiger partial charge in [0.1, 0.15) is 0 Å². The van der Waals surface area contributed by atoms with Crippen molar-refractivity contribution in [2.24, 2.45) is 16.5 Å². The summed E-state index contributed by atoms with van der Waals surface area (Å²) in [5, 5.41) is 0.944. The van der Waals surface area contributed by atoms with Gasteiger partial charge < -0.3 is 11.5 Å². The summed E-state index contributed by atoms with van der Waals surface area (Å²) in [7, 11) is 0. The molecule has 2 aromatic carbocycles. The van der Waals surface area contributed by atoms with Crippen molar-refractivity contribution in [3.63, 3.8) is 0 Å². The first-order valence-electron chi connectivity index (χ1n) is 8.27. The maximum absolute atomic E-state index is 12.9. The molecule has 4 N–H and O–H groups in total. The smallest absolute Gasteiger partial charge is 0.282 e. The van der Waals surface area contributed by atoms with E-state index < -0.39 is 5.91 Å². The fourth-order valence-corrected chi connectivity index (χ4v) is 2.85. The van der Waals surface area contributed by atoms with Crippen molar-refractivity contribution in [3.05, 3.63) is 76.2 Å². The summed E-state index contributed by atoms with van der Waals surface area (Å²) in [6.45, 7) is 4.20. The minimum Gasteiger partial charge on any atom is -0.370 e. The molecule has 6 heteroatoms. The third-order valence-corrected chi connectivity index (χ3v) is 4.22. The van der Waals surface area contributed by atoms with Gasteiger partial charge in [-0.3, -0.25) is 14.2 Å². The second kappa shape index (κ2) is 6.84. The fourth-order valence-electron chi connectivity index (χ4n) is 2.85. The molecule has 0 radical (unpaired) electrons. The van der Waals surface area contributed by atoms with E-state index in [4.69, 9.17) is 11.5 Å². The Morgan fingerprint density at radius 3 is 2.19 bits per heavy atom. The molecular weight excluding hydrogens is 328 g/mol. The number of benzene rings is 2. The van der Waals surface area contributed by atoms with Gasteiger partial charge in [-0.25, -0.2) is 0 Å². The summed E-state index contributed by atoms with van der Waals surface area (Å²) in [5.41, 5.74) is 12.6. The van der Waals surface area contributed by atoms with E-state index in [0.29, 0.717) is 22.4 Å². The summed E-state index contributed by atoms with van der Waals surface area (Å²) in [6.07, 6.45) is 1.49. The van der Waals surface area contributed by atoms with Gasteiger partial charge >= 0.3 is 0 Å². The van der Waals surface area contributed by atoms with E-state index in [1.807, 2.05) is 24.3 Å². The molecule has 0 spiro atoms. The molecule has 0 fully saturated rings. The number of carbonyl (C=O) groups is 1. The summed E-state index contributed by atoms with van der Waals surface area (Å²) in [4.78, 5) is 29.0. The Bertz CT molecular complexity index is 1060. The van der Waals surface area contributed by atoms with Crippen molar-refractivity contribution < 1.29 is 4.79 Å². The molecule has 1 aromatic heterocycles. The number of aliphatic imine (C=N–C) groups is 1. The molecule has 0 saturated heterocycles. The zero-order valence-corrected chi connectivity index (χ0v) is 14.6. The number of rotatable bonds is 3. The number of pyridine rings is 1. The second-order valence-corrected chi connectivity index (χ2v) is 6.35. The van der Waals surface area contributed by atoms with E-state index in [-0.39, 0.29) is 17.1 Å². The minimum absolute atomic E-state index is 0.209. The predicted octanol–water partition coefficient (Wildman–Crippen LogP) is 2.53. The summed E-state index contributed by atoms with van der Waals surface area (Å²) < 4.78 is 1.45. The molecule has 3 rings (SSSR count). The van der Waals surface area contributed by atoms with Crippen LogP contribution in [0.3, 0.4) is 0 Å². The van der Waals surface area contributed by atoms with Crippen LogP contribution in [0.5, 0.6) is 0 Å². The van der Waals surface area contributed by atoms with Crippen molar-refractivity contribution in [2.75, 3.05) is 0 Å². The van der Waals surface area contributed by atoms with E-state index in [0.717, 1.165) is 0 Å². The molecule has 26 heavy (non-hydrogen) atoms. The molecule has 132 valence electrons. The van der Waals surface area contributed by atoms with E-state index in [2.05, 4.69) is 18.8 Å². The summed E-state index contributed by atoms with van der Waals surface area (Å²) in [5.74, 6) is -0.525. The zero-order valence-electron chi connectivity index (χ0n) is 14.6. The lowest BCUT2D eigenvalue weighted by molar-refractivity contribution is 0.100. The third kappa shape index (κ3) is 3.21. The number of guanidine groups is 1. The van der Waals surface area contributed by atoms with Crippen LogP contribution in [0.2, 0.25) is 0 Å². The summed E-state index contributed by atoms with van der Waals surface area (Å²) >= 11 is 0. The predicted molar refractivity (Wildman–Crippen MR) is 104 cm³/mol. The minimum atomic E-state index is -0.589. The highest BCUT2D eigenvalue weighted by Gasteiger charge is 2.15. The zero-order chi connectivity index (χ0) is 18.8. The molecule has 1 heterocycles. The summed E-state index contributed by atoms with van der Waals surface area (Å²) in [6, 6.07) is 14.6. The molecule has 0 aliphatic heterocycles. The van der Waals surface area contributed by atoms with Crippen LogP contribution in [0.4, 0.5) is 0 Å². The molecule has 3 aromatic rings. The van der Waals surface area contributed by atoms with E-state index in [9.17, 15) is 9.59 Å². The van der Waals surface area contributed by atoms with E-state index >= 15 is 0 Å². The van der Waals surface area contributed by atoms with Crippen LogP contribution >= 0.6 is 0 Å². The highest BCUT2D eigenvalue weighted by Crippen LogP contribution is 2.20. The number of hydrogen-bond donors (Lipinski definition) is 2. The number of nitrogens with zero attached hydrogens (tertiary/aromatic N) is 2. The molecule has 0 saturated carbocycles. The van der Waals surface area contributed by atoms with Crippen LogP contribution in [0, 0.1) is 0 Å². The molecule has 1 amide bonds. The van der Waals surface area contributed by atoms with Gasteiger partial charge in [0.05, 0.1) is 5.56 Å². The maximum atomic E-state index is 12.9. The topological polar surface area (TPSA) is 103 Å². The van der Waals surface area contributed by atoms with Gasteiger partial charge in [-0.1, -0.05) is 44.2 Å². The normalized spacial score (nSPS) is 10.9. The largest absolute Gasteiger partial charge is 0.370 e. The number of fused-ring (bicyclic) bond motifs is 1. The first kappa shape index (κ1) is 17.4. The average Bonchev–Trinajstić information content (AvgIpc) is 2.61. The van der Waals surface area contributed by atoms with Gasteiger partial charge in [-0.05, 0) is 29.7 Å². The SMILES string of the molecule is CC(C)c1ccc(-n2cc(C(=O)N=C(N)N)c3ccccc3c2=O)cc1. The Morgan fingerprint density at radius 1 is 1.00 bits per heavy atom. The van der Waals surface area contributed by atoms with Crippen molar-refractivity contribution in [1.82, 2.24) is 4.57 Å². The van der Waals surface area contributed by atoms with E-state index in [1.165, 1.54) is 16.3 Å². The number of amides is 1. The highest BCUT2D eigenvalue weighted by molar-refractivity contribution is 6.10. The fraction of sp³-hybridized carbons (Fsp3) is 0.150. The Hall–Kier alpha value is -3.41. The Labute approximate surface area is 150 Å². The van der Waals surface area contributed by atoms with Crippen molar-refractivity contribution in [3.8, 4) is 5.69 Å². The van der Waals surface area contributed by atoms with Crippen LogP contribution in [-0.2, 0) is 0 Å². The van der Waals surface area contributed by atoms with Crippen LogP contribution < -0.4 is 17.0 Å². The van der Waals surface area contributed by atoms with Crippen LogP contribution in [0.1, 0.15) is 35.7 Å². The van der Waals surface area contributed by atoms with Crippen molar-refractivity contribution in [2.45, 2.75) is 19.8 Å². The highest BCUT2D eigenvalue weighted by atomic mass is 16.1.